The summed E-state index contributed by atoms with van der Waals surface area (Å²) in [5.74, 6) is 0. The van der Waals surface area contributed by atoms with Crippen LogP contribution in [-0.2, 0) is 10.3 Å². The van der Waals surface area contributed by atoms with E-state index < -0.39 is 6.09 Å². The highest BCUT2D eigenvalue weighted by Crippen LogP contribution is 2.47. The minimum Gasteiger partial charge on any atom is -0.323 e. The van der Waals surface area contributed by atoms with E-state index in [0.717, 1.165) is 9.92 Å². The molecule has 0 aliphatic carbocycles. The first-order valence-electron chi connectivity index (χ1n) is 7.79. The first kappa shape index (κ1) is 20.7. The third-order valence-corrected chi connectivity index (χ3v) is 8.17. The molecule has 138 valence electrons. The van der Waals surface area contributed by atoms with Crippen LogP contribution in [0.2, 0.25) is 0 Å². The minimum atomic E-state index is -0.431. The largest absolute Gasteiger partial charge is 0.444 e. The molecule has 2 rings (SSSR count). The van der Waals surface area contributed by atoms with Gasteiger partial charge in [0.05, 0.1) is 4.08 Å². The summed E-state index contributed by atoms with van der Waals surface area (Å²) in [5, 5.41) is 2.82. The highest BCUT2D eigenvalue weighted by Gasteiger charge is 2.27. The summed E-state index contributed by atoms with van der Waals surface area (Å²) in [6.45, 7) is 10.8. The Morgan fingerprint density at radius 1 is 1.24 bits per heavy atom. The second-order valence-electron chi connectivity index (χ2n) is 7.00. The van der Waals surface area contributed by atoms with E-state index in [4.69, 9.17) is 4.84 Å². The van der Waals surface area contributed by atoms with Crippen LogP contribution < -0.4 is 5.48 Å². The third kappa shape index (κ3) is 6.58. The molecule has 1 aromatic rings. The Kier molecular flexibility index (Phi) is 6.98. The van der Waals surface area contributed by atoms with Gasteiger partial charge in [-0.25, -0.2) is 14.6 Å². The average molecular weight is 417 g/mol. The van der Waals surface area contributed by atoms with Crippen molar-refractivity contribution in [1.29, 1.82) is 0 Å². The summed E-state index contributed by atoms with van der Waals surface area (Å²) in [4.78, 5) is 18.3. The Morgan fingerprint density at radius 2 is 1.88 bits per heavy atom. The van der Waals surface area contributed by atoms with E-state index in [-0.39, 0.29) is 9.49 Å². The van der Waals surface area contributed by atoms with Crippen molar-refractivity contribution >= 4 is 51.4 Å². The van der Waals surface area contributed by atoms with Crippen LogP contribution in [0.5, 0.6) is 0 Å². The number of hydrogen-bond acceptors (Lipinski definition) is 7. The highest BCUT2D eigenvalue weighted by molar-refractivity contribution is 8.75. The van der Waals surface area contributed by atoms with Crippen molar-refractivity contribution in [3.05, 3.63) is 40.3 Å². The first-order chi connectivity index (χ1) is 11.6. The quantitative estimate of drug-likeness (QED) is 0.347. The molecule has 1 aliphatic rings. The van der Waals surface area contributed by atoms with Crippen molar-refractivity contribution in [3.8, 4) is 0 Å². The molecule has 1 aromatic carbocycles. The fourth-order valence-corrected chi connectivity index (χ4v) is 5.50. The SMILES string of the molecule is CN(SSc1ccc(C(C)(C)C)cc1)C(=O)ONC1=CSC(C)(C)S1. The molecule has 0 atom stereocenters. The molecule has 0 unspecified atom stereocenters. The molecule has 0 saturated heterocycles. The molecule has 1 amide bonds. The molecular formula is C17H24N2O2S4. The van der Waals surface area contributed by atoms with E-state index in [9.17, 15) is 4.79 Å². The zero-order chi connectivity index (χ0) is 18.7. The molecule has 0 saturated carbocycles. The van der Waals surface area contributed by atoms with Crippen LogP contribution in [0.1, 0.15) is 40.2 Å². The van der Waals surface area contributed by atoms with Crippen LogP contribution >= 0.6 is 45.3 Å². The number of hydroxylamine groups is 1. The minimum absolute atomic E-state index is 0.0739. The van der Waals surface area contributed by atoms with E-state index in [0.29, 0.717) is 0 Å². The van der Waals surface area contributed by atoms with Gasteiger partial charge in [0.1, 0.15) is 5.03 Å². The summed E-state index contributed by atoms with van der Waals surface area (Å²) in [5.41, 5.74) is 4.16. The zero-order valence-electron chi connectivity index (χ0n) is 15.3. The Hall–Kier alpha value is -0.570. The molecule has 25 heavy (non-hydrogen) atoms. The topological polar surface area (TPSA) is 41.6 Å². The monoisotopic (exact) mass is 416 g/mol. The third-order valence-electron chi connectivity index (χ3n) is 3.27. The summed E-state index contributed by atoms with van der Waals surface area (Å²) >= 11 is 3.34. The number of benzene rings is 1. The van der Waals surface area contributed by atoms with Gasteiger partial charge in [0.2, 0.25) is 0 Å². The van der Waals surface area contributed by atoms with E-state index in [1.807, 2.05) is 5.41 Å². The van der Waals surface area contributed by atoms with Crippen molar-refractivity contribution in [3.63, 3.8) is 0 Å². The Morgan fingerprint density at radius 3 is 2.40 bits per heavy atom. The molecule has 8 heteroatoms. The van der Waals surface area contributed by atoms with Crippen LogP contribution in [0.4, 0.5) is 4.79 Å². The van der Waals surface area contributed by atoms with Crippen molar-refractivity contribution in [2.24, 2.45) is 0 Å². The maximum absolute atomic E-state index is 12.0. The number of nitrogens with one attached hydrogen (secondary N) is 1. The van der Waals surface area contributed by atoms with Crippen molar-refractivity contribution in [2.75, 3.05) is 7.05 Å². The Labute approximate surface area is 166 Å². The van der Waals surface area contributed by atoms with Gasteiger partial charge >= 0.3 is 6.09 Å². The smallest absolute Gasteiger partial charge is 0.323 e. The van der Waals surface area contributed by atoms with Gasteiger partial charge in [-0.2, -0.15) is 0 Å². The van der Waals surface area contributed by atoms with Gasteiger partial charge in [0.15, 0.2) is 0 Å². The molecule has 4 nitrogen and oxygen atoms in total. The number of nitrogens with zero attached hydrogens (tertiary/aromatic N) is 1. The molecule has 0 bridgehead atoms. The lowest BCUT2D eigenvalue weighted by molar-refractivity contribution is 0.0976. The lowest BCUT2D eigenvalue weighted by Crippen LogP contribution is -2.26. The number of carbonyl (C=O) groups is 1. The molecule has 1 N–H and O–H groups in total. The number of carbonyl (C=O) groups excluding carboxylic acids is 1. The number of hydrogen-bond donors (Lipinski definition) is 1. The maximum Gasteiger partial charge on any atom is 0.444 e. The molecule has 0 fully saturated rings. The van der Waals surface area contributed by atoms with Gasteiger partial charge in [0, 0.05) is 28.3 Å². The van der Waals surface area contributed by atoms with Crippen molar-refractivity contribution in [2.45, 2.75) is 49.0 Å². The van der Waals surface area contributed by atoms with Gasteiger partial charge in [-0.15, -0.1) is 11.8 Å². The second-order valence-corrected chi connectivity index (χ2v) is 12.7. The molecular weight excluding hydrogens is 392 g/mol. The van der Waals surface area contributed by atoms with Crippen molar-refractivity contribution < 1.29 is 9.63 Å². The van der Waals surface area contributed by atoms with Gasteiger partial charge < -0.3 is 4.84 Å². The lowest BCUT2D eigenvalue weighted by Gasteiger charge is -2.19. The first-order valence-corrected chi connectivity index (χ1v) is 11.6. The summed E-state index contributed by atoms with van der Waals surface area (Å²) in [6.07, 6.45) is -0.431. The van der Waals surface area contributed by atoms with Gasteiger partial charge in [-0.3, -0.25) is 0 Å². The molecule has 0 aromatic heterocycles. The Bertz CT molecular complexity index is 639. The molecule has 1 aliphatic heterocycles. The highest BCUT2D eigenvalue weighted by atomic mass is 33.1. The number of thioether (sulfide) groups is 2. The van der Waals surface area contributed by atoms with Gasteiger partial charge in [-0.05, 0) is 47.8 Å². The van der Waals surface area contributed by atoms with Gasteiger partial charge in [-0.1, -0.05) is 44.7 Å². The maximum atomic E-state index is 12.0. The average Bonchev–Trinajstić information content (AvgIpc) is 2.89. The molecule has 0 radical (unpaired) electrons. The molecule has 0 spiro atoms. The van der Waals surface area contributed by atoms with Crippen LogP contribution in [0.3, 0.4) is 0 Å². The standard InChI is InChI=1S/C17H24N2O2S4/c1-16(2,3)12-7-9-13(10-8-12)24-25-19(6)15(20)21-18-14-11-22-17(4,5)23-14/h7-11,18H,1-6H3. The van der Waals surface area contributed by atoms with Crippen LogP contribution in [0.25, 0.3) is 0 Å². The van der Waals surface area contributed by atoms with E-state index in [2.05, 4.69) is 64.4 Å². The normalized spacial score (nSPS) is 16.3. The summed E-state index contributed by atoms with van der Waals surface area (Å²) in [6, 6.07) is 8.42. The summed E-state index contributed by atoms with van der Waals surface area (Å²) < 4.78 is 1.54. The molecule has 1 heterocycles. The number of amides is 1. The van der Waals surface area contributed by atoms with E-state index in [1.165, 1.54) is 31.6 Å². The van der Waals surface area contributed by atoms with Crippen LogP contribution in [0.15, 0.2) is 39.6 Å². The van der Waals surface area contributed by atoms with Gasteiger partial charge in [0.25, 0.3) is 0 Å². The second kappa shape index (κ2) is 8.41. The van der Waals surface area contributed by atoms with Crippen molar-refractivity contribution in [1.82, 2.24) is 9.79 Å². The van der Waals surface area contributed by atoms with Crippen LogP contribution in [0, 0.1) is 0 Å². The fourth-order valence-electron chi connectivity index (χ4n) is 1.85. The van der Waals surface area contributed by atoms with E-state index >= 15 is 0 Å². The fraction of sp³-hybridized carbons (Fsp3) is 0.471. The zero-order valence-corrected chi connectivity index (χ0v) is 18.5. The lowest BCUT2D eigenvalue weighted by atomic mass is 9.87. The van der Waals surface area contributed by atoms with Crippen LogP contribution in [-0.4, -0.2) is 21.5 Å². The Balaban J connectivity index is 1.76. The summed E-state index contributed by atoms with van der Waals surface area (Å²) in [7, 11) is 4.56. The number of rotatable bonds is 5. The predicted molar refractivity (Wildman–Crippen MR) is 113 cm³/mol. The predicted octanol–water partition coefficient (Wildman–Crippen LogP) is 6.23. The van der Waals surface area contributed by atoms with E-state index in [1.54, 1.807) is 30.6 Å².